The second-order valence-electron chi connectivity index (χ2n) is 4.11. The molecule has 0 aromatic heterocycles. The molecule has 0 saturated carbocycles. The van der Waals surface area contributed by atoms with E-state index in [1.54, 1.807) is 0 Å². The molecule has 1 aromatic rings. The Morgan fingerprint density at radius 3 is 2.05 bits per heavy atom. The van der Waals surface area contributed by atoms with Crippen LogP contribution in [-0.2, 0) is 4.79 Å². The first-order valence-corrected chi connectivity index (χ1v) is 5.38. The highest BCUT2D eigenvalue weighted by Crippen LogP contribution is 2.30. The highest BCUT2D eigenvalue weighted by molar-refractivity contribution is 5.98. The zero-order valence-electron chi connectivity index (χ0n) is 10.6. The first-order chi connectivity index (χ1) is 9.11. The van der Waals surface area contributed by atoms with Crippen LogP contribution in [0.2, 0.25) is 0 Å². The number of hydrogen-bond donors (Lipinski definition) is 2. The smallest absolute Gasteiger partial charge is 0.422 e. The third kappa shape index (κ3) is 3.01. The fourth-order valence-electron chi connectivity index (χ4n) is 1.29. The van der Waals surface area contributed by atoms with E-state index in [9.17, 15) is 22.8 Å². The standard InChI is InChI=1S/C12H12F3NO4/c1-11(10(18)19,12(13,14)15)16-9(17)7-3-5-8(20-2)6-4-7/h3-6H,1-2H3,(H,16,17)(H,18,19). The van der Waals surface area contributed by atoms with Crippen LogP contribution in [0.4, 0.5) is 13.2 Å². The van der Waals surface area contributed by atoms with Gasteiger partial charge in [0.1, 0.15) is 5.75 Å². The molecule has 1 aromatic carbocycles. The van der Waals surface area contributed by atoms with Gasteiger partial charge in [0, 0.05) is 5.56 Å². The van der Waals surface area contributed by atoms with Gasteiger partial charge in [0.05, 0.1) is 7.11 Å². The molecule has 0 saturated heterocycles. The number of aliphatic carboxylic acids is 1. The van der Waals surface area contributed by atoms with Crippen LogP contribution in [0.5, 0.6) is 5.75 Å². The van der Waals surface area contributed by atoms with Gasteiger partial charge in [0.2, 0.25) is 5.54 Å². The van der Waals surface area contributed by atoms with Crippen LogP contribution in [-0.4, -0.2) is 35.8 Å². The molecule has 20 heavy (non-hydrogen) atoms. The molecule has 0 radical (unpaired) electrons. The van der Waals surface area contributed by atoms with Gasteiger partial charge in [-0.25, -0.2) is 4.79 Å². The number of benzene rings is 1. The van der Waals surface area contributed by atoms with Crippen LogP contribution < -0.4 is 10.1 Å². The summed E-state index contributed by atoms with van der Waals surface area (Å²) < 4.78 is 43.0. The number of amides is 1. The molecule has 0 heterocycles. The highest BCUT2D eigenvalue weighted by Gasteiger charge is 2.58. The fourth-order valence-corrected chi connectivity index (χ4v) is 1.29. The molecule has 0 aliphatic heterocycles. The van der Waals surface area contributed by atoms with E-state index in [1.807, 2.05) is 0 Å². The number of halogens is 3. The van der Waals surface area contributed by atoms with Crippen molar-refractivity contribution >= 4 is 11.9 Å². The van der Waals surface area contributed by atoms with Crippen molar-refractivity contribution < 1.29 is 32.6 Å². The fraction of sp³-hybridized carbons (Fsp3) is 0.333. The molecule has 5 nitrogen and oxygen atoms in total. The molecule has 8 heteroatoms. The Balaban J connectivity index is 3.00. The summed E-state index contributed by atoms with van der Waals surface area (Å²) in [5, 5.41) is 10.2. The minimum atomic E-state index is -5.12. The van der Waals surface area contributed by atoms with Crippen molar-refractivity contribution in [2.45, 2.75) is 18.6 Å². The van der Waals surface area contributed by atoms with Gasteiger partial charge in [-0.15, -0.1) is 0 Å². The van der Waals surface area contributed by atoms with Gasteiger partial charge in [0.15, 0.2) is 0 Å². The number of alkyl halides is 3. The minimum absolute atomic E-state index is 0.109. The second-order valence-corrected chi connectivity index (χ2v) is 4.11. The maximum absolute atomic E-state index is 12.7. The Morgan fingerprint density at radius 2 is 1.70 bits per heavy atom. The lowest BCUT2D eigenvalue weighted by Crippen LogP contribution is -2.61. The predicted molar refractivity (Wildman–Crippen MR) is 62.6 cm³/mol. The Bertz CT molecular complexity index is 512. The van der Waals surface area contributed by atoms with E-state index in [1.165, 1.54) is 36.7 Å². The quantitative estimate of drug-likeness (QED) is 0.887. The number of carboxylic acids is 1. The van der Waals surface area contributed by atoms with Crippen molar-refractivity contribution in [1.82, 2.24) is 5.32 Å². The highest BCUT2D eigenvalue weighted by atomic mass is 19.4. The van der Waals surface area contributed by atoms with Gasteiger partial charge in [-0.1, -0.05) is 0 Å². The molecular formula is C12H12F3NO4. The van der Waals surface area contributed by atoms with Gasteiger partial charge in [-0.3, -0.25) is 4.79 Å². The van der Waals surface area contributed by atoms with Crippen LogP contribution in [0.15, 0.2) is 24.3 Å². The molecule has 1 unspecified atom stereocenters. The molecule has 0 bridgehead atoms. The summed E-state index contributed by atoms with van der Waals surface area (Å²) in [6.07, 6.45) is -5.12. The van der Waals surface area contributed by atoms with E-state index < -0.39 is 23.6 Å². The van der Waals surface area contributed by atoms with Crippen LogP contribution in [0, 0.1) is 0 Å². The van der Waals surface area contributed by atoms with Crippen molar-refractivity contribution in [2.75, 3.05) is 7.11 Å². The SMILES string of the molecule is COc1ccc(C(=O)NC(C)(C(=O)O)C(F)(F)F)cc1. The lowest BCUT2D eigenvalue weighted by atomic mass is 10.0. The lowest BCUT2D eigenvalue weighted by Gasteiger charge is -2.28. The molecular weight excluding hydrogens is 279 g/mol. The molecule has 0 spiro atoms. The summed E-state index contributed by atoms with van der Waals surface area (Å²) in [6, 6.07) is 5.21. The van der Waals surface area contributed by atoms with Crippen molar-refractivity contribution in [3.63, 3.8) is 0 Å². The van der Waals surface area contributed by atoms with E-state index in [0.717, 1.165) is 0 Å². The van der Waals surface area contributed by atoms with Gasteiger partial charge in [-0.2, -0.15) is 13.2 Å². The summed E-state index contributed by atoms with van der Waals surface area (Å²) in [5.74, 6) is -2.92. The van der Waals surface area contributed by atoms with Crippen LogP contribution in [0.25, 0.3) is 0 Å². The summed E-state index contributed by atoms with van der Waals surface area (Å²) in [4.78, 5) is 22.5. The first kappa shape index (κ1) is 15.8. The minimum Gasteiger partial charge on any atom is -0.497 e. The Labute approximate surface area is 112 Å². The molecule has 0 aliphatic carbocycles. The van der Waals surface area contributed by atoms with Crippen molar-refractivity contribution in [1.29, 1.82) is 0 Å². The Morgan fingerprint density at radius 1 is 1.20 bits per heavy atom. The summed E-state index contributed by atoms with van der Waals surface area (Å²) in [5.41, 5.74) is -3.47. The predicted octanol–water partition coefficient (Wildman–Crippen LogP) is 1.83. The van der Waals surface area contributed by atoms with Crippen LogP contribution in [0.1, 0.15) is 17.3 Å². The van der Waals surface area contributed by atoms with E-state index in [-0.39, 0.29) is 5.56 Å². The Hall–Kier alpha value is -2.25. The third-order valence-electron chi connectivity index (χ3n) is 2.71. The maximum atomic E-state index is 12.7. The molecule has 0 fully saturated rings. The topological polar surface area (TPSA) is 75.6 Å². The van der Waals surface area contributed by atoms with Gasteiger partial charge in [-0.05, 0) is 31.2 Å². The van der Waals surface area contributed by atoms with E-state index in [4.69, 9.17) is 9.84 Å². The monoisotopic (exact) mass is 291 g/mol. The summed E-state index contributed by atoms with van der Waals surface area (Å²) in [7, 11) is 1.39. The normalized spacial score (nSPS) is 14.2. The van der Waals surface area contributed by atoms with E-state index >= 15 is 0 Å². The Kier molecular flexibility index (Phi) is 4.26. The second kappa shape index (κ2) is 5.40. The lowest BCUT2D eigenvalue weighted by molar-refractivity contribution is -0.203. The third-order valence-corrected chi connectivity index (χ3v) is 2.71. The number of methoxy groups -OCH3 is 1. The maximum Gasteiger partial charge on any atom is 0.422 e. The molecule has 0 aliphatic rings. The average molecular weight is 291 g/mol. The van der Waals surface area contributed by atoms with Gasteiger partial charge in [0.25, 0.3) is 5.91 Å². The van der Waals surface area contributed by atoms with Gasteiger partial charge >= 0.3 is 12.1 Å². The summed E-state index contributed by atoms with van der Waals surface area (Å²) in [6.45, 7) is 0.386. The van der Waals surface area contributed by atoms with Crippen LogP contribution in [0.3, 0.4) is 0 Å². The average Bonchev–Trinajstić information content (AvgIpc) is 2.37. The number of nitrogens with one attached hydrogen (secondary N) is 1. The van der Waals surface area contributed by atoms with E-state index in [0.29, 0.717) is 12.7 Å². The molecule has 110 valence electrons. The number of rotatable bonds is 4. The zero-order chi connectivity index (χ0) is 15.6. The van der Waals surface area contributed by atoms with Crippen molar-refractivity contribution in [3.8, 4) is 5.75 Å². The molecule has 1 rings (SSSR count). The zero-order valence-corrected chi connectivity index (χ0v) is 10.6. The molecule has 2 N–H and O–H groups in total. The number of carbonyl (C=O) groups is 2. The number of ether oxygens (including phenoxy) is 1. The number of carboxylic acid groups (broad SMARTS) is 1. The number of carbonyl (C=O) groups excluding carboxylic acids is 1. The molecule has 1 amide bonds. The first-order valence-electron chi connectivity index (χ1n) is 5.38. The van der Waals surface area contributed by atoms with Crippen LogP contribution >= 0.6 is 0 Å². The van der Waals surface area contributed by atoms with Gasteiger partial charge < -0.3 is 15.2 Å². The van der Waals surface area contributed by atoms with Crippen molar-refractivity contribution in [2.24, 2.45) is 0 Å². The number of hydrogen-bond acceptors (Lipinski definition) is 3. The van der Waals surface area contributed by atoms with Crippen molar-refractivity contribution in [3.05, 3.63) is 29.8 Å². The largest absolute Gasteiger partial charge is 0.497 e. The van der Waals surface area contributed by atoms with E-state index in [2.05, 4.69) is 0 Å². The molecule has 1 atom stereocenters. The summed E-state index contributed by atoms with van der Waals surface area (Å²) >= 11 is 0.